The topological polar surface area (TPSA) is 62.7 Å². The smallest absolute Gasteiger partial charge is 0.352 e. The molecule has 0 saturated heterocycles. The standard InChI is InChI=1S/C9H13ClF3N5.H2S/c1-4(2)14-7-16-6(10)17-8(18-7)15-5(3)9(11,12)13;/h4-5H,1-3H3,(H2,14,15,16,17,18);1H2/t5-;/m0./s1. The van der Waals surface area contributed by atoms with Crippen molar-refractivity contribution < 1.29 is 13.2 Å². The number of nitrogens with zero attached hydrogens (tertiary/aromatic N) is 3. The molecule has 5 nitrogen and oxygen atoms in total. The highest BCUT2D eigenvalue weighted by atomic mass is 35.5. The van der Waals surface area contributed by atoms with E-state index in [0.717, 1.165) is 6.92 Å². The van der Waals surface area contributed by atoms with Crippen LogP contribution in [0.1, 0.15) is 20.8 Å². The van der Waals surface area contributed by atoms with Crippen LogP contribution in [0.25, 0.3) is 0 Å². The van der Waals surface area contributed by atoms with Crippen molar-refractivity contribution >= 4 is 37.0 Å². The molecule has 0 aliphatic rings. The lowest BCUT2D eigenvalue weighted by Gasteiger charge is -2.17. The number of anilines is 2. The summed E-state index contributed by atoms with van der Waals surface area (Å²) >= 11 is 5.61. The summed E-state index contributed by atoms with van der Waals surface area (Å²) in [7, 11) is 0. The van der Waals surface area contributed by atoms with Crippen LogP contribution in [0.4, 0.5) is 25.1 Å². The van der Waals surface area contributed by atoms with Crippen LogP contribution >= 0.6 is 25.1 Å². The predicted molar refractivity (Wildman–Crippen MR) is 73.1 cm³/mol. The van der Waals surface area contributed by atoms with E-state index in [2.05, 4.69) is 25.6 Å². The zero-order valence-corrected chi connectivity index (χ0v) is 12.3. The highest BCUT2D eigenvalue weighted by molar-refractivity contribution is 7.59. The molecule has 0 aromatic carbocycles. The van der Waals surface area contributed by atoms with Gasteiger partial charge >= 0.3 is 6.18 Å². The first kappa shape index (κ1) is 18.0. The van der Waals surface area contributed by atoms with E-state index in [9.17, 15) is 13.2 Å². The second-order valence-corrected chi connectivity index (χ2v) is 4.30. The van der Waals surface area contributed by atoms with Crippen LogP contribution in [-0.2, 0) is 0 Å². The van der Waals surface area contributed by atoms with Gasteiger partial charge in [0.05, 0.1) is 0 Å². The SMILES string of the molecule is CC(C)Nc1nc(Cl)nc(N[C@@H](C)C(F)(F)F)n1.S. The maximum absolute atomic E-state index is 12.4. The number of aromatic nitrogens is 3. The average Bonchev–Trinajstić information content (AvgIpc) is 2.13. The lowest BCUT2D eigenvalue weighted by Crippen LogP contribution is -2.34. The number of rotatable bonds is 4. The summed E-state index contributed by atoms with van der Waals surface area (Å²) in [5.74, 6) is -0.0927. The van der Waals surface area contributed by atoms with Gasteiger partial charge in [-0.3, -0.25) is 0 Å². The molecule has 0 bridgehead atoms. The molecule has 1 heterocycles. The first-order chi connectivity index (χ1) is 8.18. The molecular weight excluding hydrogens is 303 g/mol. The van der Waals surface area contributed by atoms with Crippen molar-refractivity contribution in [2.24, 2.45) is 0 Å². The average molecular weight is 318 g/mol. The third-order valence-corrected chi connectivity index (χ3v) is 2.03. The van der Waals surface area contributed by atoms with Crippen molar-refractivity contribution in [3.05, 3.63) is 5.28 Å². The normalized spacial score (nSPS) is 12.8. The quantitative estimate of drug-likeness (QED) is 0.894. The van der Waals surface area contributed by atoms with Crippen molar-refractivity contribution in [1.29, 1.82) is 0 Å². The Hall–Kier alpha value is -0.960. The molecule has 0 fully saturated rings. The van der Waals surface area contributed by atoms with E-state index in [4.69, 9.17) is 11.6 Å². The first-order valence-corrected chi connectivity index (χ1v) is 5.57. The summed E-state index contributed by atoms with van der Waals surface area (Å²) in [4.78, 5) is 11.1. The highest BCUT2D eigenvalue weighted by Gasteiger charge is 2.36. The number of halogens is 4. The summed E-state index contributed by atoms with van der Waals surface area (Å²) in [6, 6.07) is -1.75. The van der Waals surface area contributed by atoms with Crippen LogP contribution in [0, 0.1) is 0 Å². The monoisotopic (exact) mass is 317 g/mol. The van der Waals surface area contributed by atoms with Gasteiger partial charge in [-0.05, 0) is 32.4 Å². The predicted octanol–water partition coefficient (Wildman–Crippen LogP) is 2.82. The minimum Gasteiger partial charge on any atom is -0.352 e. The fourth-order valence-electron chi connectivity index (χ4n) is 1.01. The zero-order valence-electron chi connectivity index (χ0n) is 10.5. The number of hydrogen-bond donors (Lipinski definition) is 2. The third-order valence-electron chi connectivity index (χ3n) is 1.86. The molecule has 0 saturated carbocycles. The van der Waals surface area contributed by atoms with Gasteiger partial charge in [0.25, 0.3) is 0 Å². The number of nitrogens with one attached hydrogen (secondary N) is 2. The summed E-state index contributed by atoms with van der Waals surface area (Å²) in [6.45, 7) is 4.64. The van der Waals surface area contributed by atoms with Crippen molar-refractivity contribution in [2.45, 2.75) is 39.0 Å². The van der Waals surface area contributed by atoms with E-state index in [1.54, 1.807) is 0 Å². The molecule has 1 aromatic heterocycles. The lowest BCUT2D eigenvalue weighted by atomic mass is 10.3. The maximum atomic E-state index is 12.4. The molecule has 0 aliphatic heterocycles. The largest absolute Gasteiger partial charge is 0.408 e. The fraction of sp³-hybridized carbons (Fsp3) is 0.667. The van der Waals surface area contributed by atoms with Gasteiger partial charge in [-0.2, -0.15) is 41.6 Å². The molecule has 110 valence electrons. The second kappa shape index (κ2) is 6.99. The molecule has 0 spiro atoms. The van der Waals surface area contributed by atoms with Gasteiger partial charge in [0.15, 0.2) is 0 Å². The molecule has 1 atom stereocenters. The van der Waals surface area contributed by atoms with Crippen LogP contribution < -0.4 is 10.6 Å². The molecule has 2 N–H and O–H groups in total. The Morgan fingerprint density at radius 2 is 1.47 bits per heavy atom. The molecule has 0 amide bonds. The van der Waals surface area contributed by atoms with Crippen LogP contribution in [0.3, 0.4) is 0 Å². The Bertz CT molecular complexity index is 415. The first-order valence-electron chi connectivity index (χ1n) is 5.20. The van der Waals surface area contributed by atoms with Crippen molar-refractivity contribution in [3.8, 4) is 0 Å². The van der Waals surface area contributed by atoms with Crippen LogP contribution in [-0.4, -0.2) is 33.2 Å². The maximum Gasteiger partial charge on any atom is 0.408 e. The zero-order chi connectivity index (χ0) is 13.9. The van der Waals surface area contributed by atoms with E-state index in [-0.39, 0.29) is 36.7 Å². The molecule has 0 radical (unpaired) electrons. The Balaban J connectivity index is 0.00000324. The van der Waals surface area contributed by atoms with Crippen molar-refractivity contribution in [2.75, 3.05) is 10.6 Å². The van der Waals surface area contributed by atoms with Gasteiger partial charge in [0.1, 0.15) is 6.04 Å². The van der Waals surface area contributed by atoms with E-state index in [0.29, 0.717) is 0 Å². The number of hydrogen-bond acceptors (Lipinski definition) is 5. The lowest BCUT2D eigenvalue weighted by molar-refractivity contribution is -0.138. The summed E-state index contributed by atoms with van der Waals surface area (Å²) in [5, 5.41) is 4.78. The molecule has 0 unspecified atom stereocenters. The van der Waals surface area contributed by atoms with E-state index >= 15 is 0 Å². The Morgan fingerprint density at radius 1 is 1.00 bits per heavy atom. The Kier molecular flexibility index (Phi) is 6.64. The third kappa shape index (κ3) is 6.15. The minimum atomic E-state index is -4.38. The second-order valence-electron chi connectivity index (χ2n) is 3.96. The summed E-state index contributed by atoms with van der Waals surface area (Å²) in [6.07, 6.45) is -4.38. The van der Waals surface area contributed by atoms with E-state index in [1.165, 1.54) is 0 Å². The Labute approximate surface area is 120 Å². The van der Waals surface area contributed by atoms with Crippen LogP contribution in [0.15, 0.2) is 0 Å². The van der Waals surface area contributed by atoms with Gasteiger partial charge in [-0.1, -0.05) is 0 Å². The van der Waals surface area contributed by atoms with Gasteiger partial charge in [-0.15, -0.1) is 0 Å². The van der Waals surface area contributed by atoms with E-state index < -0.39 is 12.2 Å². The molecule has 0 aliphatic carbocycles. The van der Waals surface area contributed by atoms with Gasteiger partial charge in [0, 0.05) is 6.04 Å². The molecule has 1 aromatic rings. The number of alkyl halides is 3. The van der Waals surface area contributed by atoms with Crippen molar-refractivity contribution in [3.63, 3.8) is 0 Å². The highest BCUT2D eigenvalue weighted by Crippen LogP contribution is 2.22. The Morgan fingerprint density at radius 3 is 1.89 bits per heavy atom. The van der Waals surface area contributed by atoms with Gasteiger partial charge in [0.2, 0.25) is 17.2 Å². The van der Waals surface area contributed by atoms with E-state index in [1.807, 2.05) is 13.8 Å². The van der Waals surface area contributed by atoms with Crippen molar-refractivity contribution in [1.82, 2.24) is 15.0 Å². The minimum absolute atomic E-state index is 0. The van der Waals surface area contributed by atoms with Crippen LogP contribution in [0.5, 0.6) is 0 Å². The fourth-order valence-corrected chi connectivity index (χ4v) is 1.17. The van der Waals surface area contributed by atoms with Gasteiger partial charge in [-0.25, -0.2) is 0 Å². The molecule has 1 rings (SSSR count). The summed E-state index contributed by atoms with van der Waals surface area (Å²) in [5.41, 5.74) is 0. The molecular formula is C9H15ClF3N5S. The molecule has 10 heteroatoms. The van der Waals surface area contributed by atoms with Gasteiger partial charge < -0.3 is 10.6 Å². The van der Waals surface area contributed by atoms with Crippen LogP contribution in [0.2, 0.25) is 5.28 Å². The molecule has 19 heavy (non-hydrogen) atoms. The summed E-state index contributed by atoms with van der Waals surface area (Å²) < 4.78 is 37.1.